The van der Waals surface area contributed by atoms with Crippen LogP contribution in [0.1, 0.15) is 51.2 Å². The van der Waals surface area contributed by atoms with Crippen LogP contribution in [0.2, 0.25) is 0 Å². The molecule has 2 N–H and O–H groups in total. The van der Waals surface area contributed by atoms with Gasteiger partial charge in [0.25, 0.3) is 0 Å². The van der Waals surface area contributed by atoms with Crippen LogP contribution in [0.15, 0.2) is 4.99 Å². The van der Waals surface area contributed by atoms with Crippen molar-refractivity contribution in [3.05, 3.63) is 11.6 Å². The van der Waals surface area contributed by atoms with Crippen molar-refractivity contribution in [1.29, 1.82) is 0 Å². The van der Waals surface area contributed by atoms with Crippen LogP contribution in [-0.2, 0) is 28.9 Å². The van der Waals surface area contributed by atoms with Crippen molar-refractivity contribution >= 4 is 5.96 Å². The lowest BCUT2D eigenvalue weighted by Gasteiger charge is -2.25. The Bertz CT molecular complexity index is 597. The number of nitrogens with zero attached hydrogens (tertiary/aromatic N) is 4. The van der Waals surface area contributed by atoms with Crippen LogP contribution in [0.4, 0.5) is 0 Å². The normalized spacial score (nSPS) is 21.1. The number of nitrogens with one attached hydrogen (secondary N) is 2. The molecule has 0 aromatic carbocycles. The molecule has 3 heterocycles. The third-order valence-corrected chi connectivity index (χ3v) is 5.00. The molecule has 0 bridgehead atoms. The summed E-state index contributed by atoms with van der Waals surface area (Å²) in [5.74, 6) is 2.93. The Morgan fingerprint density at radius 2 is 2.15 bits per heavy atom. The van der Waals surface area contributed by atoms with E-state index in [2.05, 4.69) is 34.6 Å². The zero-order valence-electron chi connectivity index (χ0n) is 16.7. The molecule has 0 saturated carbocycles. The van der Waals surface area contributed by atoms with E-state index in [1.807, 2.05) is 4.68 Å². The molecule has 2 aliphatic heterocycles. The summed E-state index contributed by atoms with van der Waals surface area (Å²) in [6.07, 6.45) is 6.23. The first-order valence-corrected chi connectivity index (χ1v) is 10.4. The topological polar surface area (TPSA) is 85.6 Å². The SMILES string of the molecule is CCNC(=NCCCOC1CCOCC1)NC1CCc2nc(CC)nn2C1. The van der Waals surface area contributed by atoms with E-state index >= 15 is 0 Å². The molecule has 2 aliphatic rings. The van der Waals surface area contributed by atoms with Crippen LogP contribution < -0.4 is 10.6 Å². The van der Waals surface area contributed by atoms with E-state index in [0.717, 1.165) is 95.6 Å². The van der Waals surface area contributed by atoms with Gasteiger partial charge in [-0.15, -0.1) is 0 Å². The molecule has 0 radical (unpaired) electrons. The first kappa shape index (κ1) is 20.1. The average Bonchev–Trinajstić information content (AvgIpc) is 3.11. The molecule has 0 spiro atoms. The number of hydrogen-bond donors (Lipinski definition) is 2. The molecule has 1 aromatic rings. The molecule has 1 fully saturated rings. The van der Waals surface area contributed by atoms with E-state index in [0.29, 0.717) is 12.1 Å². The summed E-state index contributed by atoms with van der Waals surface area (Å²) in [6.45, 7) is 9.07. The Balaban J connectivity index is 1.42. The van der Waals surface area contributed by atoms with Crippen molar-refractivity contribution in [2.24, 2.45) is 4.99 Å². The quantitative estimate of drug-likeness (QED) is 0.403. The molecule has 3 rings (SSSR count). The molecule has 8 heteroatoms. The Hall–Kier alpha value is -1.67. The molecule has 1 aromatic heterocycles. The maximum atomic E-state index is 5.92. The predicted molar refractivity (Wildman–Crippen MR) is 105 cm³/mol. The van der Waals surface area contributed by atoms with Crippen molar-refractivity contribution in [3.8, 4) is 0 Å². The fraction of sp³-hybridized carbons (Fsp3) is 0.842. The standard InChI is InChI=1S/C19H34N6O2/c1-3-17-23-18-7-6-15(14-25(18)24-17)22-19(20-4-2)21-10-5-11-27-16-8-12-26-13-9-16/h15-16H,3-14H2,1-2H3,(H2,20,21,22). The number of hydrogen-bond acceptors (Lipinski definition) is 5. The van der Waals surface area contributed by atoms with Crippen LogP contribution in [0.3, 0.4) is 0 Å². The van der Waals surface area contributed by atoms with Crippen molar-refractivity contribution in [3.63, 3.8) is 0 Å². The van der Waals surface area contributed by atoms with Crippen LogP contribution in [0.5, 0.6) is 0 Å². The largest absolute Gasteiger partial charge is 0.381 e. The highest BCUT2D eigenvalue weighted by molar-refractivity contribution is 5.80. The van der Waals surface area contributed by atoms with Gasteiger partial charge < -0.3 is 20.1 Å². The molecule has 1 atom stereocenters. The predicted octanol–water partition coefficient (Wildman–Crippen LogP) is 1.30. The number of aryl methyl sites for hydroxylation is 2. The van der Waals surface area contributed by atoms with E-state index < -0.39 is 0 Å². The lowest BCUT2D eigenvalue weighted by atomic mass is 10.1. The Labute approximate surface area is 162 Å². The summed E-state index contributed by atoms with van der Waals surface area (Å²) < 4.78 is 13.3. The van der Waals surface area contributed by atoms with Gasteiger partial charge in [-0.1, -0.05) is 6.92 Å². The minimum Gasteiger partial charge on any atom is -0.381 e. The van der Waals surface area contributed by atoms with Crippen LogP contribution in [0, 0.1) is 0 Å². The first-order valence-electron chi connectivity index (χ1n) is 10.4. The number of ether oxygens (including phenoxy) is 2. The smallest absolute Gasteiger partial charge is 0.191 e. The molecular weight excluding hydrogens is 344 g/mol. The molecule has 0 aliphatic carbocycles. The van der Waals surface area contributed by atoms with E-state index in [4.69, 9.17) is 14.5 Å². The van der Waals surface area contributed by atoms with E-state index in [1.165, 1.54) is 0 Å². The molecule has 1 unspecified atom stereocenters. The van der Waals surface area contributed by atoms with Crippen LogP contribution in [-0.4, -0.2) is 65.8 Å². The van der Waals surface area contributed by atoms with Crippen LogP contribution in [0.25, 0.3) is 0 Å². The molecule has 27 heavy (non-hydrogen) atoms. The summed E-state index contributed by atoms with van der Waals surface area (Å²) in [7, 11) is 0. The molecule has 0 amide bonds. The number of rotatable bonds is 8. The monoisotopic (exact) mass is 378 g/mol. The second kappa shape index (κ2) is 10.6. The fourth-order valence-corrected chi connectivity index (χ4v) is 3.49. The minimum absolute atomic E-state index is 0.334. The number of fused-ring (bicyclic) bond motifs is 1. The van der Waals surface area contributed by atoms with Gasteiger partial charge in [0.15, 0.2) is 11.8 Å². The summed E-state index contributed by atoms with van der Waals surface area (Å²) >= 11 is 0. The lowest BCUT2D eigenvalue weighted by Crippen LogP contribution is -2.47. The van der Waals surface area contributed by atoms with Gasteiger partial charge in [0.2, 0.25) is 0 Å². The average molecular weight is 379 g/mol. The lowest BCUT2D eigenvalue weighted by molar-refractivity contribution is -0.0318. The highest BCUT2D eigenvalue weighted by atomic mass is 16.5. The van der Waals surface area contributed by atoms with Gasteiger partial charge in [-0.3, -0.25) is 4.99 Å². The van der Waals surface area contributed by atoms with Gasteiger partial charge in [-0.05, 0) is 32.6 Å². The van der Waals surface area contributed by atoms with Gasteiger partial charge in [-0.2, -0.15) is 5.10 Å². The van der Waals surface area contributed by atoms with Crippen molar-refractivity contribution in [1.82, 2.24) is 25.4 Å². The second-order valence-electron chi connectivity index (χ2n) is 7.16. The Morgan fingerprint density at radius 1 is 1.30 bits per heavy atom. The van der Waals surface area contributed by atoms with Gasteiger partial charge in [0.1, 0.15) is 5.82 Å². The minimum atomic E-state index is 0.334. The maximum absolute atomic E-state index is 5.92. The van der Waals surface area contributed by atoms with Gasteiger partial charge >= 0.3 is 0 Å². The Morgan fingerprint density at radius 3 is 2.93 bits per heavy atom. The van der Waals surface area contributed by atoms with E-state index in [9.17, 15) is 0 Å². The molecule has 1 saturated heterocycles. The van der Waals surface area contributed by atoms with Gasteiger partial charge in [0, 0.05) is 51.8 Å². The zero-order valence-corrected chi connectivity index (χ0v) is 16.7. The number of guanidine groups is 1. The van der Waals surface area contributed by atoms with Crippen LogP contribution >= 0.6 is 0 Å². The number of aliphatic imine (C=N–C) groups is 1. The van der Waals surface area contributed by atoms with E-state index in [1.54, 1.807) is 0 Å². The molecular formula is C19H34N6O2. The first-order chi connectivity index (χ1) is 13.3. The summed E-state index contributed by atoms with van der Waals surface area (Å²) in [5.41, 5.74) is 0. The fourth-order valence-electron chi connectivity index (χ4n) is 3.49. The van der Waals surface area contributed by atoms with Gasteiger partial charge in [-0.25, -0.2) is 9.67 Å². The molecule has 8 nitrogen and oxygen atoms in total. The highest BCUT2D eigenvalue weighted by Gasteiger charge is 2.22. The van der Waals surface area contributed by atoms with Gasteiger partial charge in [0.05, 0.1) is 12.6 Å². The third kappa shape index (κ3) is 6.17. The zero-order chi connectivity index (χ0) is 18.9. The maximum Gasteiger partial charge on any atom is 0.191 e. The summed E-state index contributed by atoms with van der Waals surface area (Å²) in [6, 6.07) is 0.334. The van der Waals surface area contributed by atoms with Crippen molar-refractivity contribution < 1.29 is 9.47 Å². The van der Waals surface area contributed by atoms with Crippen molar-refractivity contribution in [2.75, 3.05) is 32.9 Å². The van der Waals surface area contributed by atoms with Crippen molar-refractivity contribution in [2.45, 2.75) is 71.1 Å². The molecule has 152 valence electrons. The third-order valence-electron chi connectivity index (χ3n) is 5.00. The highest BCUT2D eigenvalue weighted by Crippen LogP contribution is 2.13. The second-order valence-corrected chi connectivity index (χ2v) is 7.16. The van der Waals surface area contributed by atoms with E-state index in [-0.39, 0.29) is 0 Å². The Kier molecular flexibility index (Phi) is 7.89. The number of aromatic nitrogens is 3. The summed E-state index contributed by atoms with van der Waals surface area (Å²) in [4.78, 5) is 9.30. The summed E-state index contributed by atoms with van der Waals surface area (Å²) in [5, 5.41) is 11.5.